The predicted octanol–water partition coefficient (Wildman–Crippen LogP) is 4.33. The second-order valence-corrected chi connectivity index (χ2v) is 4.97. The van der Waals surface area contributed by atoms with Crippen molar-refractivity contribution >= 4 is 40.4 Å². The lowest BCUT2D eigenvalue weighted by atomic mass is 10.2. The first-order chi connectivity index (χ1) is 8.47. The van der Waals surface area contributed by atoms with Gasteiger partial charge >= 0.3 is 0 Å². The number of benzene rings is 1. The molecular formula is C13H13Cl2N3. The van der Waals surface area contributed by atoms with Crippen molar-refractivity contribution in [2.24, 2.45) is 0 Å². The number of nitrogens with two attached hydrogens (primary N) is 1. The molecule has 0 aliphatic rings. The van der Waals surface area contributed by atoms with E-state index < -0.39 is 0 Å². The minimum Gasteiger partial charge on any atom is -0.396 e. The quantitative estimate of drug-likeness (QED) is 0.861. The largest absolute Gasteiger partial charge is 0.396 e. The Labute approximate surface area is 116 Å². The molecule has 2 rings (SSSR count). The summed E-state index contributed by atoms with van der Waals surface area (Å²) in [5, 5.41) is 4.31. The number of rotatable bonds is 2. The van der Waals surface area contributed by atoms with Gasteiger partial charge in [0.1, 0.15) is 0 Å². The van der Waals surface area contributed by atoms with Crippen molar-refractivity contribution in [3.05, 3.63) is 45.6 Å². The SMILES string of the molecule is Cc1cnc(Nc2cc(Cl)c(C)cc2Cl)c(N)c1. The summed E-state index contributed by atoms with van der Waals surface area (Å²) in [6.45, 7) is 3.83. The summed E-state index contributed by atoms with van der Waals surface area (Å²) in [6, 6.07) is 5.41. The lowest BCUT2D eigenvalue weighted by Crippen LogP contribution is -2.00. The molecule has 1 aromatic heterocycles. The van der Waals surface area contributed by atoms with Crippen molar-refractivity contribution in [2.75, 3.05) is 11.1 Å². The summed E-state index contributed by atoms with van der Waals surface area (Å²) in [5.41, 5.74) is 9.08. The number of halogens is 2. The fourth-order valence-corrected chi connectivity index (χ4v) is 2.00. The van der Waals surface area contributed by atoms with Gasteiger partial charge in [0.25, 0.3) is 0 Å². The zero-order chi connectivity index (χ0) is 13.3. The zero-order valence-electron chi connectivity index (χ0n) is 10.1. The van der Waals surface area contributed by atoms with E-state index in [1.807, 2.05) is 19.9 Å². The van der Waals surface area contributed by atoms with Crippen molar-refractivity contribution in [3.8, 4) is 0 Å². The van der Waals surface area contributed by atoms with Crippen LogP contribution >= 0.6 is 23.2 Å². The second-order valence-electron chi connectivity index (χ2n) is 4.16. The molecule has 1 aromatic carbocycles. The molecule has 0 saturated heterocycles. The predicted molar refractivity (Wildman–Crippen MR) is 77.9 cm³/mol. The van der Waals surface area contributed by atoms with Gasteiger partial charge in [-0.05, 0) is 43.2 Å². The first-order valence-electron chi connectivity index (χ1n) is 5.42. The van der Waals surface area contributed by atoms with Gasteiger partial charge in [0.15, 0.2) is 5.82 Å². The topological polar surface area (TPSA) is 50.9 Å². The van der Waals surface area contributed by atoms with E-state index in [4.69, 9.17) is 28.9 Å². The van der Waals surface area contributed by atoms with Gasteiger partial charge in [0, 0.05) is 11.2 Å². The van der Waals surface area contributed by atoms with Crippen molar-refractivity contribution in [2.45, 2.75) is 13.8 Å². The summed E-state index contributed by atoms with van der Waals surface area (Å²) in [4.78, 5) is 4.23. The van der Waals surface area contributed by atoms with E-state index in [1.165, 1.54) is 0 Å². The molecule has 18 heavy (non-hydrogen) atoms. The fourth-order valence-electron chi connectivity index (χ4n) is 1.57. The highest BCUT2D eigenvalue weighted by Gasteiger charge is 2.07. The van der Waals surface area contributed by atoms with E-state index in [0.29, 0.717) is 27.2 Å². The fraction of sp³-hybridized carbons (Fsp3) is 0.154. The molecule has 0 saturated carbocycles. The van der Waals surface area contributed by atoms with Crippen molar-refractivity contribution in [1.29, 1.82) is 0 Å². The van der Waals surface area contributed by atoms with Crippen LogP contribution in [0.25, 0.3) is 0 Å². The number of anilines is 3. The normalized spacial score (nSPS) is 10.4. The van der Waals surface area contributed by atoms with Crippen LogP contribution in [0.1, 0.15) is 11.1 Å². The van der Waals surface area contributed by atoms with Crippen molar-refractivity contribution in [1.82, 2.24) is 4.98 Å². The van der Waals surface area contributed by atoms with E-state index in [1.54, 1.807) is 18.3 Å². The molecule has 0 atom stereocenters. The third-order valence-electron chi connectivity index (χ3n) is 2.56. The van der Waals surface area contributed by atoms with Crippen LogP contribution in [-0.2, 0) is 0 Å². The number of pyridine rings is 1. The second kappa shape index (κ2) is 5.04. The van der Waals surface area contributed by atoms with Gasteiger partial charge in [-0.25, -0.2) is 4.98 Å². The third-order valence-corrected chi connectivity index (χ3v) is 3.28. The number of nitrogens with one attached hydrogen (secondary N) is 1. The van der Waals surface area contributed by atoms with Crippen molar-refractivity contribution < 1.29 is 0 Å². The minimum absolute atomic E-state index is 0.572. The first kappa shape index (κ1) is 13.0. The van der Waals surface area contributed by atoms with Gasteiger partial charge in [-0.1, -0.05) is 23.2 Å². The van der Waals surface area contributed by atoms with Gasteiger partial charge in [-0.2, -0.15) is 0 Å². The van der Waals surface area contributed by atoms with Gasteiger partial charge in [0.05, 0.1) is 16.4 Å². The average molecular weight is 282 g/mol. The van der Waals surface area contributed by atoms with Crippen LogP contribution < -0.4 is 11.1 Å². The maximum absolute atomic E-state index is 6.15. The molecule has 0 aliphatic carbocycles. The Balaban J connectivity index is 2.37. The molecule has 0 radical (unpaired) electrons. The van der Waals surface area contributed by atoms with E-state index >= 15 is 0 Å². The summed E-state index contributed by atoms with van der Waals surface area (Å²) in [7, 11) is 0. The Kier molecular flexibility index (Phi) is 3.64. The van der Waals surface area contributed by atoms with Crippen LogP contribution in [0.5, 0.6) is 0 Å². The highest BCUT2D eigenvalue weighted by Crippen LogP contribution is 2.31. The molecule has 3 N–H and O–H groups in total. The van der Waals surface area contributed by atoms with Crippen molar-refractivity contribution in [3.63, 3.8) is 0 Å². The maximum atomic E-state index is 6.15. The van der Waals surface area contributed by atoms with Gasteiger partial charge in [-0.3, -0.25) is 0 Å². The smallest absolute Gasteiger partial charge is 0.153 e. The summed E-state index contributed by atoms with van der Waals surface area (Å²) < 4.78 is 0. The molecule has 0 unspecified atom stereocenters. The molecular weight excluding hydrogens is 269 g/mol. The Bertz CT molecular complexity index is 597. The Morgan fingerprint density at radius 2 is 1.83 bits per heavy atom. The third kappa shape index (κ3) is 2.68. The summed E-state index contributed by atoms with van der Waals surface area (Å²) >= 11 is 12.2. The average Bonchev–Trinajstić information content (AvgIpc) is 2.29. The summed E-state index contributed by atoms with van der Waals surface area (Å²) in [6.07, 6.45) is 1.74. The van der Waals surface area contributed by atoms with E-state index in [9.17, 15) is 0 Å². The summed E-state index contributed by atoms with van der Waals surface area (Å²) in [5.74, 6) is 0.572. The molecule has 94 valence electrons. The maximum Gasteiger partial charge on any atom is 0.153 e. The molecule has 5 heteroatoms. The monoisotopic (exact) mass is 281 g/mol. The standard InChI is InChI=1S/C13H13Cl2N3/c1-7-3-11(16)13(17-6-7)18-12-5-9(14)8(2)4-10(12)15/h3-6H,16H2,1-2H3,(H,17,18). The highest BCUT2D eigenvalue weighted by molar-refractivity contribution is 6.35. The molecule has 1 heterocycles. The van der Waals surface area contributed by atoms with Gasteiger partial charge < -0.3 is 11.1 Å². The number of aromatic nitrogens is 1. The first-order valence-corrected chi connectivity index (χ1v) is 6.18. The Morgan fingerprint density at radius 3 is 2.50 bits per heavy atom. The number of aryl methyl sites for hydroxylation is 2. The van der Waals surface area contributed by atoms with Crippen LogP contribution in [0, 0.1) is 13.8 Å². The van der Waals surface area contributed by atoms with E-state index in [0.717, 1.165) is 11.1 Å². The Morgan fingerprint density at radius 1 is 1.11 bits per heavy atom. The highest BCUT2D eigenvalue weighted by atomic mass is 35.5. The molecule has 0 spiro atoms. The van der Waals surface area contributed by atoms with Gasteiger partial charge in [0.2, 0.25) is 0 Å². The van der Waals surface area contributed by atoms with E-state index in [-0.39, 0.29) is 0 Å². The number of hydrogen-bond donors (Lipinski definition) is 2. The molecule has 0 aliphatic heterocycles. The minimum atomic E-state index is 0.572. The molecule has 0 bridgehead atoms. The van der Waals surface area contributed by atoms with Gasteiger partial charge in [-0.15, -0.1) is 0 Å². The Hall–Kier alpha value is -1.45. The van der Waals surface area contributed by atoms with Crippen LogP contribution in [0.4, 0.5) is 17.2 Å². The number of nitrogen functional groups attached to an aromatic ring is 1. The molecule has 0 amide bonds. The lowest BCUT2D eigenvalue weighted by molar-refractivity contribution is 1.26. The van der Waals surface area contributed by atoms with Crippen LogP contribution in [0.15, 0.2) is 24.4 Å². The van der Waals surface area contributed by atoms with Crippen LogP contribution in [0.3, 0.4) is 0 Å². The number of nitrogens with zero attached hydrogens (tertiary/aromatic N) is 1. The molecule has 2 aromatic rings. The molecule has 3 nitrogen and oxygen atoms in total. The molecule has 0 fully saturated rings. The lowest BCUT2D eigenvalue weighted by Gasteiger charge is -2.11. The van der Waals surface area contributed by atoms with Crippen LogP contribution in [0.2, 0.25) is 10.0 Å². The van der Waals surface area contributed by atoms with Crippen LogP contribution in [-0.4, -0.2) is 4.98 Å². The zero-order valence-corrected chi connectivity index (χ0v) is 11.6. The van der Waals surface area contributed by atoms with E-state index in [2.05, 4.69) is 10.3 Å². The number of hydrogen-bond acceptors (Lipinski definition) is 3.